The van der Waals surface area contributed by atoms with Gasteiger partial charge in [0.05, 0.1) is 5.02 Å². The van der Waals surface area contributed by atoms with Gasteiger partial charge < -0.3 is 15.4 Å². The summed E-state index contributed by atoms with van der Waals surface area (Å²) in [6.45, 7) is 0.178. The number of anilines is 1. The molecule has 2 N–H and O–H groups in total. The van der Waals surface area contributed by atoms with Gasteiger partial charge in [-0.25, -0.2) is 4.39 Å². The molecule has 1 saturated heterocycles. The summed E-state index contributed by atoms with van der Waals surface area (Å²) in [5, 5.41) is 5.64. The Morgan fingerprint density at radius 2 is 2.16 bits per heavy atom. The Bertz CT molecular complexity index is 813. The molecular formula is C18H16ClFN2O3. The molecule has 0 spiro atoms. The molecule has 1 heterocycles. The van der Waals surface area contributed by atoms with Gasteiger partial charge >= 0.3 is 0 Å². The highest BCUT2D eigenvalue weighted by atomic mass is 35.5. The smallest absolute Gasteiger partial charge is 0.246 e. The molecule has 7 heteroatoms. The lowest BCUT2D eigenvalue weighted by Gasteiger charge is -2.13. The third kappa shape index (κ3) is 4.48. The van der Waals surface area contributed by atoms with E-state index in [1.54, 1.807) is 30.3 Å². The highest BCUT2D eigenvalue weighted by molar-refractivity contribution is 6.32. The Hall–Kier alpha value is -2.60. The highest BCUT2D eigenvalue weighted by Crippen LogP contribution is 2.28. The molecule has 5 nitrogen and oxygen atoms in total. The van der Waals surface area contributed by atoms with E-state index < -0.39 is 6.04 Å². The van der Waals surface area contributed by atoms with Crippen molar-refractivity contribution in [1.82, 2.24) is 5.32 Å². The zero-order chi connectivity index (χ0) is 17.8. The van der Waals surface area contributed by atoms with Gasteiger partial charge in [0.2, 0.25) is 11.8 Å². The van der Waals surface area contributed by atoms with Gasteiger partial charge in [-0.15, -0.1) is 0 Å². The molecule has 0 aliphatic carbocycles. The Kier molecular flexibility index (Phi) is 5.19. The third-order valence-corrected chi connectivity index (χ3v) is 4.09. The number of ether oxygens (including phenoxy) is 1. The minimum Gasteiger partial charge on any atom is -0.487 e. The lowest BCUT2D eigenvalue weighted by Crippen LogP contribution is -2.37. The molecule has 1 unspecified atom stereocenters. The second kappa shape index (κ2) is 7.53. The van der Waals surface area contributed by atoms with Gasteiger partial charge in [0.25, 0.3) is 0 Å². The van der Waals surface area contributed by atoms with Crippen molar-refractivity contribution in [3.05, 3.63) is 58.9 Å². The van der Waals surface area contributed by atoms with Gasteiger partial charge in [0, 0.05) is 12.1 Å². The van der Waals surface area contributed by atoms with Gasteiger partial charge in [0.1, 0.15) is 24.2 Å². The van der Waals surface area contributed by atoms with Gasteiger partial charge in [-0.05, 0) is 42.3 Å². The van der Waals surface area contributed by atoms with E-state index in [9.17, 15) is 14.0 Å². The van der Waals surface area contributed by atoms with E-state index in [4.69, 9.17) is 16.3 Å². The minimum absolute atomic E-state index is 0.126. The molecule has 25 heavy (non-hydrogen) atoms. The van der Waals surface area contributed by atoms with Crippen LogP contribution in [0.2, 0.25) is 5.02 Å². The fourth-order valence-corrected chi connectivity index (χ4v) is 2.76. The fourth-order valence-electron chi connectivity index (χ4n) is 2.52. The van der Waals surface area contributed by atoms with Gasteiger partial charge in [0.15, 0.2) is 0 Å². The molecule has 1 fully saturated rings. The highest BCUT2D eigenvalue weighted by Gasteiger charge is 2.27. The minimum atomic E-state index is -0.518. The fraction of sp³-hybridized carbons (Fsp3) is 0.222. The number of hydrogen-bond donors (Lipinski definition) is 2. The molecule has 2 aromatic carbocycles. The van der Waals surface area contributed by atoms with Crippen LogP contribution in [0.3, 0.4) is 0 Å². The quantitative estimate of drug-likeness (QED) is 0.857. The first-order valence-electron chi connectivity index (χ1n) is 7.78. The van der Waals surface area contributed by atoms with Crippen LogP contribution in [-0.4, -0.2) is 17.9 Å². The molecule has 2 amide bonds. The number of benzene rings is 2. The molecule has 130 valence electrons. The van der Waals surface area contributed by atoms with Crippen LogP contribution in [0.4, 0.5) is 10.1 Å². The number of halogens is 2. The Morgan fingerprint density at radius 3 is 2.84 bits per heavy atom. The van der Waals surface area contributed by atoms with Crippen LogP contribution in [0.15, 0.2) is 42.5 Å². The first-order chi connectivity index (χ1) is 12.0. The SMILES string of the molecule is O=C1CCC(C(=O)Nc2ccc(OCc3cccc(F)c3)c(Cl)c2)N1. The zero-order valence-electron chi connectivity index (χ0n) is 13.2. The number of carbonyl (C=O) groups is 2. The van der Waals surface area contributed by atoms with E-state index in [0.717, 1.165) is 0 Å². The van der Waals surface area contributed by atoms with Crippen LogP contribution in [0, 0.1) is 5.82 Å². The molecule has 0 bridgehead atoms. The van der Waals surface area contributed by atoms with Crippen molar-refractivity contribution in [2.75, 3.05) is 5.32 Å². The van der Waals surface area contributed by atoms with E-state index in [1.165, 1.54) is 12.1 Å². The predicted octanol–water partition coefficient (Wildman–Crippen LogP) is 3.28. The number of nitrogens with one attached hydrogen (secondary N) is 2. The van der Waals surface area contributed by atoms with Crippen molar-refractivity contribution in [3.8, 4) is 5.75 Å². The van der Waals surface area contributed by atoms with Crippen LogP contribution in [-0.2, 0) is 16.2 Å². The van der Waals surface area contributed by atoms with Crippen molar-refractivity contribution < 1.29 is 18.7 Å². The molecule has 1 aliphatic rings. The normalized spacial score (nSPS) is 16.4. The number of hydrogen-bond acceptors (Lipinski definition) is 3. The average Bonchev–Trinajstić information content (AvgIpc) is 3.01. The standard InChI is InChI=1S/C18H16ClFN2O3/c19-14-9-13(21-18(24)15-5-7-17(23)22-15)4-6-16(14)25-10-11-2-1-3-12(20)8-11/h1-4,6,8-9,15H,5,7,10H2,(H,21,24)(H,22,23). The lowest BCUT2D eigenvalue weighted by atomic mass is 10.2. The number of rotatable bonds is 5. The van der Waals surface area contributed by atoms with Crippen LogP contribution < -0.4 is 15.4 Å². The topological polar surface area (TPSA) is 67.4 Å². The summed E-state index contributed by atoms with van der Waals surface area (Å²) in [5.41, 5.74) is 1.19. The largest absolute Gasteiger partial charge is 0.487 e. The van der Waals surface area contributed by atoms with Crippen LogP contribution in [0.5, 0.6) is 5.75 Å². The number of amides is 2. The van der Waals surface area contributed by atoms with Crippen LogP contribution in [0.1, 0.15) is 18.4 Å². The molecule has 0 saturated carbocycles. The summed E-state index contributed by atoms with van der Waals surface area (Å²) in [6, 6.07) is 10.4. The summed E-state index contributed by atoms with van der Waals surface area (Å²) >= 11 is 6.17. The van der Waals surface area contributed by atoms with Gasteiger partial charge in [-0.1, -0.05) is 23.7 Å². The molecular weight excluding hydrogens is 347 g/mol. The molecule has 2 aromatic rings. The van der Waals surface area contributed by atoms with E-state index in [2.05, 4.69) is 10.6 Å². The van der Waals surface area contributed by atoms with Crippen molar-refractivity contribution in [2.45, 2.75) is 25.5 Å². The van der Waals surface area contributed by atoms with Crippen LogP contribution >= 0.6 is 11.6 Å². The molecule has 3 rings (SSSR count). The first-order valence-corrected chi connectivity index (χ1v) is 8.16. The third-order valence-electron chi connectivity index (χ3n) is 3.79. The Balaban J connectivity index is 1.60. The summed E-state index contributed by atoms with van der Waals surface area (Å²) in [7, 11) is 0. The predicted molar refractivity (Wildman–Crippen MR) is 92.0 cm³/mol. The second-order valence-electron chi connectivity index (χ2n) is 5.71. The van der Waals surface area contributed by atoms with Crippen molar-refractivity contribution in [2.24, 2.45) is 0 Å². The zero-order valence-corrected chi connectivity index (χ0v) is 14.0. The van der Waals surface area contributed by atoms with E-state index in [0.29, 0.717) is 34.9 Å². The Morgan fingerprint density at radius 1 is 1.32 bits per heavy atom. The summed E-state index contributed by atoms with van der Waals surface area (Å²) < 4.78 is 18.7. The van der Waals surface area contributed by atoms with E-state index in [-0.39, 0.29) is 24.2 Å². The number of carbonyl (C=O) groups excluding carboxylic acids is 2. The monoisotopic (exact) mass is 362 g/mol. The van der Waals surface area contributed by atoms with Crippen molar-refractivity contribution in [3.63, 3.8) is 0 Å². The van der Waals surface area contributed by atoms with Crippen molar-refractivity contribution >= 4 is 29.1 Å². The molecule has 1 atom stereocenters. The Labute approximate surface area is 149 Å². The maximum absolute atomic E-state index is 13.2. The van der Waals surface area contributed by atoms with E-state index in [1.807, 2.05) is 0 Å². The molecule has 0 aromatic heterocycles. The first kappa shape index (κ1) is 17.2. The molecule has 1 aliphatic heterocycles. The average molecular weight is 363 g/mol. The van der Waals surface area contributed by atoms with Gasteiger partial charge in [-0.3, -0.25) is 9.59 Å². The summed E-state index contributed by atoms with van der Waals surface area (Å²) in [5.74, 6) is -0.308. The summed E-state index contributed by atoms with van der Waals surface area (Å²) in [4.78, 5) is 23.2. The maximum atomic E-state index is 13.2. The maximum Gasteiger partial charge on any atom is 0.246 e. The van der Waals surface area contributed by atoms with Crippen molar-refractivity contribution in [1.29, 1.82) is 0 Å². The molecule has 0 radical (unpaired) electrons. The van der Waals surface area contributed by atoms with Crippen LogP contribution in [0.25, 0.3) is 0 Å². The second-order valence-corrected chi connectivity index (χ2v) is 6.12. The van der Waals surface area contributed by atoms with Gasteiger partial charge in [-0.2, -0.15) is 0 Å². The summed E-state index contributed by atoms with van der Waals surface area (Å²) in [6.07, 6.45) is 0.832. The lowest BCUT2D eigenvalue weighted by molar-refractivity contribution is -0.122. The van der Waals surface area contributed by atoms with E-state index >= 15 is 0 Å².